The van der Waals surface area contributed by atoms with Crippen molar-refractivity contribution in [2.45, 2.75) is 37.9 Å². The first kappa shape index (κ1) is 12.8. The van der Waals surface area contributed by atoms with Gasteiger partial charge in [-0.1, -0.05) is 0 Å². The van der Waals surface area contributed by atoms with Crippen LogP contribution in [0, 0.1) is 0 Å². The van der Waals surface area contributed by atoms with Gasteiger partial charge in [-0.25, -0.2) is 4.79 Å². The van der Waals surface area contributed by atoms with E-state index >= 15 is 0 Å². The number of nitrogens with one attached hydrogen (secondary N) is 1. The summed E-state index contributed by atoms with van der Waals surface area (Å²) in [4.78, 5) is 22.4. The molecule has 1 fully saturated rings. The Morgan fingerprint density at radius 3 is 2.56 bits per heavy atom. The molecule has 0 aromatic heterocycles. The number of esters is 1. The van der Waals surface area contributed by atoms with Gasteiger partial charge in [0.2, 0.25) is 5.91 Å². The van der Waals surface area contributed by atoms with Gasteiger partial charge in [-0.05, 0) is 13.3 Å². The Balaban J connectivity index is 2.85. The predicted molar refractivity (Wildman–Crippen MR) is 47.4 cm³/mol. The summed E-state index contributed by atoms with van der Waals surface area (Å²) in [7, 11) is 0. The first-order valence-corrected chi connectivity index (χ1v) is 4.84. The second-order valence-corrected chi connectivity index (χ2v) is 3.64. The third-order valence-electron chi connectivity index (χ3n) is 2.33. The van der Waals surface area contributed by atoms with Crippen molar-refractivity contribution in [2.24, 2.45) is 0 Å². The van der Waals surface area contributed by atoms with E-state index in [-0.39, 0.29) is 19.4 Å². The monoisotopic (exact) mass is 239 g/mol. The van der Waals surface area contributed by atoms with Gasteiger partial charge in [0.1, 0.15) is 5.54 Å². The van der Waals surface area contributed by atoms with Gasteiger partial charge in [0.05, 0.1) is 13.0 Å². The highest BCUT2D eigenvalue weighted by atomic mass is 19.4. The highest BCUT2D eigenvalue weighted by Crippen LogP contribution is 2.34. The van der Waals surface area contributed by atoms with Crippen molar-refractivity contribution in [3.05, 3.63) is 0 Å². The summed E-state index contributed by atoms with van der Waals surface area (Å²) < 4.78 is 41.5. The van der Waals surface area contributed by atoms with Gasteiger partial charge in [0.15, 0.2) is 0 Å². The van der Waals surface area contributed by atoms with Crippen molar-refractivity contribution >= 4 is 11.9 Å². The quantitative estimate of drug-likeness (QED) is 0.751. The fraction of sp³-hybridized carbons (Fsp3) is 0.778. The van der Waals surface area contributed by atoms with E-state index < -0.39 is 30.0 Å². The molecule has 1 atom stereocenters. The Morgan fingerprint density at radius 2 is 2.19 bits per heavy atom. The minimum absolute atomic E-state index is 0.0195. The number of hydrogen-bond donors (Lipinski definition) is 1. The predicted octanol–water partition coefficient (Wildman–Crippen LogP) is 1.15. The van der Waals surface area contributed by atoms with E-state index in [1.54, 1.807) is 0 Å². The molecule has 0 aliphatic carbocycles. The van der Waals surface area contributed by atoms with Crippen molar-refractivity contribution in [1.82, 2.24) is 5.32 Å². The molecular weight excluding hydrogens is 227 g/mol. The SMILES string of the molecule is CCOC(=O)C1(CC(F)(F)F)CCC(=O)N1. The van der Waals surface area contributed by atoms with E-state index in [9.17, 15) is 22.8 Å². The fourth-order valence-electron chi connectivity index (χ4n) is 1.69. The van der Waals surface area contributed by atoms with Crippen LogP contribution >= 0.6 is 0 Å². The van der Waals surface area contributed by atoms with E-state index in [1.165, 1.54) is 6.92 Å². The number of hydrogen-bond acceptors (Lipinski definition) is 3. The molecule has 1 rings (SSSR count). The zero-order valence-electron chi connectivity index (χ0n) is 8.69. The molecular formula is C9H12F3NO3. The molecule has 1 aliphatic rings. The summed E-state index contributed by atoms with van der Waals surface area (Å²) in [6.45, 7) is 1.48. The highest BCUT2D eigenvalue weighted by Gasteiger charge is 2.52. The van der Waals surface area contributed by atoms with Crippen molar-refractivity contribution in [3.8, 4) is 0 Å². The van der Waals surface area contributed by atoms with Gasteiger partial charge in [0, 0.05) is 6.42 Å². The maximum absolute atomic E-state index is 12.3. The molecule has 16 heavy (non-hydrogen) atoms. The lowest BCUT2D eigenvalue weighted by Gasteiger charge is -2.27. The van der Waals surface area contributed by atoms with Gasteiger partial charge in [-0.3, -0.25) is 4.79 Å². The van der Waals surface area contributed by atoms with Crippen LogP contribution in [0.1, 0.15) is 26.2 Å². The largest absolute Gasteiger partial charge is 0.464 e. The van der Waals surface area contributed by atoms with Crippen LogP contribution in [0.15, 0.2) is 0 Å². The average Bonchev–Trinajstić information content (AvgIpc) is 2.46. The van der Waals surface area contributed by atoms with E-state index in [0.717, 1.165) is 0 Å². The van der Waals surface area contributed by atoms with Crippen LogP contribution in [0.3, 0.4) is 0 Å². The first-order chi connectivity index (χ1) is 7.29. The van der Waals surface area contributed by atoms with Crippen LogP contribution in [0.4, 0.5) is 13.2 Å². The second-order valence-electron chi connectivity index (χ2n) is 3.64. The number of carbonyl (C=O) groups is 2. The van der Waals surface area contributed by atoms with Gasteiger partial charge in [0.25, 0.3) is 0 Å². The maximum Gasteiger partial charge on any atom is 0.391 e. The Bertz CT molecular complexity index is 303. The third-order valence-corrected chi connectivity index (χ3v) is 2.33. The van der Waals surface area contributed by atoms with E-state index in [2.05, 4.69) is 10.1 Å². The maximum atomic E-state index is 12.3. The highest BCUT2D eigenvalue weighted by molar-refractivity contribution is 5.91. The van der Waals surface area contributed by atoms with Crippen LogP contribution < -0.4 is 5.32 Å². The van der Waals surface area contributed by atoms with Crippen molar-refractivity contribution < 1.29 is 27.5 Å². The van der Waals surface area contributed by atoms with Gasteiger partial charge >= 0.3 is 12.1 Å². The summed E-state index contributed by atoms with van der Waals surface area (Å²) in [5, 5.41) is 2.08. The van der Waals surface area contributed by atoms with Gasteiger partial charge in [-0.15, -0.1) is 0 Å². The molecule has 1 unspecified atom stereocenters. The molecule has 1 heterocycles. The molecule has 0 aromatic carbocycles. The molecule has 1 N–H and O–H groups in total. The molecule has 7 heteroatoms. The number of amides is 1. The molecule has 1 amide bonds. The molecule has 0 aromatic rings. The number of ether oxygens (including phenoxy) is 1. The fourth-order valence-corrected chi connectivity index (χ4v) is 1.69. The number of alkyl halides is 3. The van der Waals surface area contributed by atoms with E-state index in [4.69, 9.17) is 0 Å². The smallest absolute Gasteiger partial charge is 0.391 e. The zero-order valence-corrected chi connectivity index (χ0v) is 8.69. The summed E-state index contributed by atoms with van der Waals surface area (Å²) in [6, 6.07) is 0. The Kier molecular flexibility index (Phi) is 3.44. The van der Waals surface area contributed by atoms with E-state index in [0.29, 0.717) is 0 Å². The Hall–Kier alpha value is -1.27. The lowest BCUT2D eigenvalue weighted by molar-refractivity contribution is -0.173. The molecule has 92 valence electrons. The zero-order chi connectivity index (χ0) is 12.4. The van der Waals surface area contributed by atoms with Crippen LogP contribution in [0.25, 0.3) is 0 Å². The second kappa shape index (κ2) is 4.31. The lowest BCUT2D eigenvalue weighted by Crippen LogP contribution is -2.52. The molecule has 0 spiro atoms. The minimum Gasteiger partial charge on any atom is -0.464 e. The average molecular weight is 239 g/mol. The lowest BCUT2D eigenvalue weighted by atomic mass is 9.93. The number of rotatable bonds is 3. The summed E-state index contributed by atoms with van der Waals surface area (Å²) in [5.41, 5.74) is -1.93. The first-order valence-electron chi connectivity index (χ1n) is 4.84. The summed E-state index contributed by atoms with van der Waals surface area (Å²) in [6.07, 6.45) is -6.17. The van der Waals surface area contributed by atoms with Crippen LogP contribution in [-0.2, 0) is 14.3 Å². The minimum atomic E-state index is -4.52. The third kappa shape index (κ3) is 2.86. The van der Waals surface area contributed by atoms with Gasteiger partial charge < -0.3 is 10.1 Å². The van der Waals surface area contributed by atoms with Crippen molar-refractivity contribution in [1.29, 1.82) is 0 Å². The van der Waals surface area contributed by atoms with Gasteiger partial charge in [-0.2, -0.15) is 13.2 Å². The Morgan fingerprint density at radius 1 is 1.56 bits per heavy atom. The molecule has 1 saturated heterocycles. The number of carbonyl (C=O) groups excluding carboxylic acids is 2. The summed E-state index contributed by atoms with van der Waals surface area (Å²) in [5.74, 6) is -1.57. The van der Waals surface area contributed by atoms with Crippen molar-refractivity contribution in [3.63, 3.8) is 0 Å². The van der Waals surface area contributed by atoms with Crippen molar-refractivity contribution in [2.75, 3.05) is 6.61 Å². The molecule has 0 bridgehead atoms. The number of halogens is 3. The molecule has 4 nitrogen and oxygen atoms in total. The van der Waals surface area contributed by atoms with E-state index in [1.807, 2.05) is 0 Å². The standard InChI is InChI=1S/C9H12F3NO3/c1-2-16-7(15)8(5-9(10,11)12)4-3-6(14)13-8/h2-5H2,1H3,(H,13,14). The van der Waals surface area contributed by atoms with Crippen LogP contribution in [0.5, 0.6) is 0 Å². The molecule has 1 aliphatic heterocycles. The normalized spacial score (nSPS) is 25.4. The van der Waals surface area contributed by atoms with Crippen LogP contribution in [-0.4, -0.2) is 30.2 Å². The van der Waals surface area contributed by atoms with Crippen LogP contribution in [0.2, 0.25) is 0 Å². The summed E-state index contributed by atoms with van der Waals surface area (Å²) >= 11 is 0. The topological polar surface area (TPSA) is 55.4 Å². The Labute approximate surface area is 90.1 Å². The molecule has 0 saturated carbocycles. The molecule has 0 radical (unpaired) electrons.